The van der Waals surface area contributed by atoms with E-state index in [1.807, 2.05) is 42.0 Å². The Labute approximate surface area is 133 Å². The Balaban J connectivity index is 1.86. The molecule has 1 aliphatic heterocycles. The molecule has 0 bridgehead atoms. The van der Waals surface area contributed by atoms with Crippen LogP contribution in [0.4, 0.5) is 0 Å². The van der Waals surface area contributed by atoms with Crippen LogP contribution in [0.1, 0.15) is 30.1 Å². The van der Waals surface area contributed by atoms with Gasteiger partial charge in [0.25, 0.3) is 5.91 Å². The lowest BCUT2D eigenvalue weighted by atomic mass is 9.91. The normalized spacial score (nSPS) is 17.4. The van der Waals surface area contributed by atoms with Crippen LogP contribution in [0.25, 0.3) is 10.9 Å². The third-order valence-corrected chi connectivity index (χ3v) is 4.64. The van der Waals surface area contributed by atoms with Crippen molar-refractivity contribution in [2.75, 3.05) is 13.1 Å². The van der Waals surface area contributed by atoms with E-state index in [0.29, 0.717) is 5.56 Å². The predicted octanol–water partition coefficient (Wildman–Crippen LogP) is 1.71. The van der Waals surface area contributed by atoms with Crippen molar-refractivity contribution in [3.05, 3.63) is 36.0 Å². The molecule has 2 N–H and O–H groups in total. The van der Waals surface area contributed by atoms with Gasteiger partial charge in [-0.3, -0.25) is 4.79 Å². The van der Waals surface area contributed by atoms with Crippen molar-refractivity contribution in [2.45, 2.75) is 31.9 Å². The smallest absolute Gasteiger partial charge is 0.335 e. The van der Waals surface area contributed by atoms with Gasteiger partial charge < -0.3 is 19.7 Å². The zero-order valence-corrected chi connectivity index (χ0v) is 13.0. The van der Waals surface area contributed by atoms with E-state index in [9.17, 15) is 14.7 Å². The largest absolute Gasteiger partial charge is 0.479 e. The summed E-state index contributed by atoms with van der Waals surface area (Å²) in [6, 6.07) is 7.75. The van der Waals surface area contributed by atoms with E-state index >= 15 is 0 Å². The van der Waals surface area contributed by atoms with Crippen molar-refractivity contribution in [1.82, 2.24) is 9.47 Å². The molecular formula is C17H20N2O4. The van der Waals surface area contributed by atoms with Gasteiger partial charge in [0, 0.05) is 49.6 Å². The maximum Gasteiger partial charge on any atom is 0.335 e. The number of carbonyl (C=O) groups excluding carboxylic acids is 1. The van der Waals surface area contributed by atoms with Crippen LogP contribution in [-0.4, -0.2) is 50.2 Å². The highest BCUT2D eigenvalue weighted by atomic mass is 16.4. The number of carboxylic acid groups (broad SMARTS) is 1. The molecule has 23 heavy (non-hydrogen) atoms. The Hall–Kier alpha value is -2.34. The van der Waals surface area contributed by atoms with Gasteiger partial charge in [-0.25, -0.2) is 4.79 Å². The number of fused-ring (bicyclic) bond motifs is 1. The number of likely N-dealkylation sites (tertiary alicyclic amines) is 1. The molecule has 0 aliphatic carbocycles. The SMILES string of the molecule is CCn1cc(C(=O)N2CCC(O)(C(=O)O)CC2)c2ccccc21. The summed E-state index contributed by atoms with van der Waals surface area (Å²) in [4.78, 5) is 25.5. The fraction of sp³-hybridized carbons (Fsp3) is 0.412. The Morgan fingerprint density at radius 3 is 2.48 bits per heavy atom. The number of aryl methyl sites for hydroxylation is 1. The molecule has 1 aromatic heterocycles. The van der Waals surface area contributed by atoms with Gasteiger partial charge in [-0.1, -0.05) is 18.2 Å². The van der Waals surface area contributed by atoms with Gasteiger partial charge in [0.2, 0.25) is 0 Å². The molecule has 6 nitrogen and oxygen atoms in total. The Bertz CT molecular complexity index is 757. The number of piperidine rings is 1. The van der Waals surface area contributed by atoms with Crippen LogP contribution in [0.2, 0.25) is 0 Å². The number of amides is 1. The van der Waals surface area contributed by atoms with Crippen LogP contribution >= 0.6 is 0 Å². The molecule has 1 amide bonds. The number of carboxylic acids is 1. The Morgan fingerprint density at radius 2 is 1.87 bits per heavy atom. The summed E-state index contributed by atoms with van der Waals surface area (Å²) in [5.74, 6) is -1.33. The molecule has 0 atom stereocenters. The number of hydrogen-bond donors (Lipinski definition) is 2. The molecule has 1 aromatic carbocycles. The highest BCUT2D eigenvalue weighted by Crippen LogP contribution is 2.27. The summed E-state index contributed by atoms with van der Waals surface area (Å²) in [5, 5.41) is 20.0. The first-order valence-corrected chi connectivity index (χ1v) is 7.79. The van der Waals surface area contributed by atoms with E-state index in [4.69, 9.17) is 5.11 Å². The fourth-order valence-electron chi connectivity index (χ4n) is 3.14. The van der Waals surface area contributed by atoms with Crippen LogP contribution in [0.5, 0.6) is 0 Å². The number of aliphatic hydroxyl groups is 1. The molecule has 1 fully saturated rings. The molecule has 6 heteroatoms. The lowest BCUT2D eigenvalue weighted by molar-refractivity contribution is -0.162. The van der Waals surface area contributed by atoms with Crippen LogP contribution in [-0.2, 0) is 11.3 Å². The maximum atomic E-state index is 12.8. The molecule has 0 spiro atoms. The molecule has 3 rings (SSSR count). The van der Waals surface area contributed by atoms with Crippen molar-refractivity contribution < 1.29 is 19.8 Å². The first kappa shape index (κ1) is 15.6. The highest BCUT2D eigenvalue weighted by molar-refractivity contribution is 6.07. The van der Waals surface area contributed by atoms with Crippen molar-refractivity contribution in [3.8, 4) is 0 Å². The summed E-state index contributed by atoms with van der Waals surface area (Å²) in [7, 11) is 0. The van der Waals surface area contributed by atoms with Crippen LogP contribution in [0.3, 0.4) is 0 Å². The monoisotopic (exact) mass is 316 g/mol. The average molecular weight is 316 g/mol. The van der Waals surface area contributed by atoms with Gasteiger partial charge in [-0.15, -0.1) is 0 Å². The van der Waals surface area contributed by atoms with Gasteiger partial charge in [-0.2, -0.15) is 0 Å². The zero-order valence-electron chi connectivity index (χ0n) is 13.0. The molecule has 1 saturated heterocycles. The van der Waals surface area contributed by atoms with Gasteiger partial charge in [0.05, 0.1) is 5.56 Å². The minimum absolute atomic E-state index is 0.0560. The summed E-state index contributed by atoms with van der Waals surface area (Å²) >= 11 is 0. The number of aliphatic carboxylic acids is 1. The number of nitrogens with zero attached hydrogens (tertiary/aromatic N) is 2. The fourth-order valence-corrected chi connectivity index (χ4v) is 3.14. The second kappa shape index (κ2) is 5.70. The first-order valence-electron chi connectivity index (χ1n) is 7.79. The summed E-state index contributed by atoms with van der Waals surface area (Å²) in [6.07, 6.45) is 1.96. The second-order valence-electron chi connectivity index (χ2n) is 5.97. The van der Waals surface area contributed by atoms with Gasteiger partial charge in [0.15, 0.2) is 5.60 Å². The van der Waals surface area contributed by atoms with Gasteiger partial charge in [-0.05, 0) is 13.0 Å². The minimum Gasteiger partial charge on any atom is -0.479 e. The number of rotatable bonds is 3. The summed E-state index contributed by atoms with van der Waals surface area (Å²) in [5.41, 5.74) is -0.0746. The van der Waals surface area contributed by atoms with Crippen LogP contribution in [0, 0.1) is 0 Å². The molecule has 122 valence electrons. The quantitative estimate of drug-likeness (QED) is 0.903. The zero-order chi connectivity index (χ0) is 16.6. The number of hydrogen-bond acceptors (Lipinski definition) is 3. The third-order valence-electron chi connectivity index (χ3n) is 4.64. The molecule has 0 radical (unpaired) electrons. The summed E-state index contributed by atoms with van der Waals surface area (Å²) < 4.78 is 2.03. The van der Waals surface area contributed by atoms with E-state index in [0.717, 1.165) is 17.4 Å². The van der Waals surface area contributed by atoms with E-state index in [-0.39, 0.29) is 31.8 Å². The predicted molar refractivity (Wildman–Crippen MR) is 85.3 cm³/mol. The van der Waals surface area contributed by atoms with E-state index in [1.54, 1.807) is 4.90 Å². The summed E-state index contributed by atoms with van der Waals surface area (Å²) in [6.45, 7) is 3.28. The van der Waals surface area contributed by atoms with Crippen molar-refractivity contribution in [3.63, 3.8) is 0 Å². The van der Waals surface area contributed by atoms with Crippen molar-refractivity contribution in [2.24, 2.45) is 0 Å². The molecule has 0 saturated carbocycles. The first-order chi connectivity index (χ1) is 11.0. The number of benzene rings is 1. The van der Waals surface area contributed by atoms with Crippen LogP contribution in [0.15, 0.2) is 30.5 Å². The van der Waals surface area contributed by atoms with E-state index < -0.39 is 11.6 Å². The molecule has 0 unspecified atom stereocenters. The lowest BCUT2D eigenvalue weighted by Gasteiger charge is -2.35. The topological polar surface area (TPSA) is 82.8 Å². The highest BCUT2D eigenvalue weighted by Gasteiger charge is 2.40. The van der Waals surface area contributed by atoms with E-state index in [1.165, 1.54) is 0 Å². The lowest BCUT2D eigenvalue weighted by Crippen LogP contribution is -2.50. The third kappa shape index (κ3) is 2.59. The maximum absolute atomic E-state index is 12.8. The van der Waals surface area contributed by atoms with Crippen LogP contribution < -0.4 is 0 Å². The molecular weight excluding hydrogens is 296 g/mol. The Kier molecular flexibility index (Phi) is 3.85. The molecule has 2 aromatic rings. The standard InChI is InChI=1S/C17H20N2O4/c1-2-18-11-13(12-5-3-4-6-14(12)18)15(20)19-9-7-17(23,8-10-19)16(21)22/h3-6,11,23H,2,7-10H2,1H3,(H,21,22). The molecule has 1 aliphatic rings. The van der Waals surface area contributed by atoms with E-state index in [2.05, 4.69) is 0 Å². The number of aromatic nitrogens is 1. The molecule has 2 heterocycles. The van der Waals surface area contributed by atoms with Gasteiger partial charge in [0.1, 0.15) is 0 Å². The van der Waals surface area contributed by atoms with Crippen molar-refractivity contribution >= 4 is 22.8 Å². The average Bonchev–Trinajstić information content (AvgIpc) is 2.93. The Morgan fingerprint density at radius 1 is 1.22 bits per heavy atom. The van der Waals surface area contributed by atoms with Gasteiger partial charge >= 0.3 is 5.97 Å². The second-order valence-corrected chi connectivity index (χ2v) is 5.97. The number of carbonyl (C=O) groups is 2. The minimum atomic E-state index is -1.71. The van der Waals surface area contributed by atoms with Crippen molar-refractivity contribution in [1.29, 1.82) is 0 Å². The number of para-hydroxylation sites is 1.